The van der Waals surface area contributed by atoms with Crippen LogP contribution in [0.2, 0.25) is 0 Å². The van der Waals surface area contributed by atoms with Gasteiger partial charge in [0.15, 0.2) is 46.5 Å². The van der Waals surface area contributed by atoms with Gasteiger partial charge in [-0.3, -0.25) is 0 Å². The largest absolute Gasteiger partial charge is 0.416 e. The van der Waals surface area contributed by atoms with Crippen molar-refractivity contribution >= 4 is 117 Å². The van der Waals surface area contributed by atoms with E-state index in [1.807, 2.05) is 63.2 Å². The number of aryl methyl sites for hydroxylation is 4. The van der Waals surface area contributed by atoms with Crippen molar-refractivity contribution in [3.05, 3.63) is 261 Å². The van der Waals surface area contributed by atoms with Crippen LogP contribution in [0.5, 0.6) is 0 Å². The monoisotopic (exact) mass is 2040 g/mol. The van der Waals surface area contributed by atoms with E-state index >= 15 is 0 Å². The summed E-state index contributed by atoms with van der Waals surface area (Å²) in [7, 11) is 0. The number of pyridine rings is 4. The van der Waals surface area contributed by atoms with Gasteiger partial charge in [0, 0.05) is 68.6 Å². The van der Waals surface area contributed by atoms with Gasteiger partial charge in [-0.05, 0) is 174 Å². The van der Waals surface area contributed by atoms with Gasteiger partial charge in [0.2, 0.25) is 23.8 Å². The molecule has 4 atom stereocenters. The van der Waals surface area contributed by atoms with E-state index in [9.17, 15) is 70.2 Å². The summed E-state index contributed by atoms with van der Waals surface area (Å²) in [6, 6.07) is 33.3. The van der Waals surface area contributed by atoms with Gasteiger partial charge in [-0.25, -0.2) is 79.1 Å². The summed E-state index contributed by atoms with van der Waals surface area (Å²) >= 11 is 0. The van der Waals surface area contributed by atoms with Crippen LogP contribution in [0.4, 0.5) is 163 Å². The molecule has 0 bridgehead atoms. The van der Waals surface area contributed by atoms with Crippen molar-refractivity contribution < 1.29 is 89.2 Å². The molecule has 4 aliphatic heterocycles. The minimum atomic E-state index is -4.42. The van der Waals surface area contributed by atoms with Crippen molar-refractivity contribution in [3.8, 4) is 0 Å². The van der Waals surface area contributed by atoms with Crippen LogP contribution in [0.25, 0.3) is 0 Å². The second-order valence-corrected chi connectivity index (χ2v) is 33.6. The Labute approximate surface area is 829 Å². The number of anilines is 16. The average molecular weight is 2040 g/mol. The molecule has 4 fully saturated rings. The molecule has 48 heteroatoms. The molecule has 12 heterocycles. The van der Waals surface area contributed by atoms with E-state index in [0.29, 0.717) is 183 Å². The zero-order valence-corrected chi connectivity index (χ0v) is 80.3. The number of aromatic nitrogens is 12. The normalized spacial score (nSPS) is 16.4. The first-order chi connectivity index (χ1) is 69.8. The van der Waals surface area contributed by atoms with Gasteiger partial charge < -0.3 is 59.8 Å². The summed E-state index contributed by atoms with van der Waals surface area (Å²) in [5.41, 5.74) is 15.8. The van der Waals surface area contributed by atoms with E-state index in [0.717, 1.165) is 86.2 Å². The lowest BCUT2D eigenvalue weighted by Crippen LogP contribution is -2.49. The standard InChI is InChI=1S/2C25H27F4N7O.2C24H25F4N7O/c1-15(2)22-14-37-10-9-36(22)23-20(26)13-30-24(34-23)35-31-12-19-7-8-21(16(3)32-19)33-18-6-4-5-17(11-18)25(27,28)29;1-3-19-15-36(10-11-37-19)23-20(26)14-30-24(34-23)35-31-13-18-8-9-22(21(4-2)33-18)32-17-7-5-6-16(12-17)25(27,28)29;1-3-19-14-35(9-10-36-19)22-20(25)13-29-23(33-22)34-30-12-18-7-8-21(15(2)31-18)32-17-6-4-5-16(11-17)24(26,27)28;1-3-20-21(31-17-6-4-5-16(11-17)24(26,27)28)8-7-18(32-20)12-30-34-23-29-13-19(25)22(33-23)35-9-10-36-15(2)14-35/h4-8,11-13,15,22,33H,9-10,14H2,1-3H3,(H,30,34,35);5-9,12-14,19,32H,3-4,10-11,15H2,1-2H3,(H,30,34,35);4-8,11-13,19,32H,3,9-10,14H2,1-2H3,(H,29,33,34);4-8,11-13,15,31H,3,9-10,14H2,1-2H3,(H,29,33,34)/b31-12+;31-13+;2*30-12+. The van der Waals surface area contributed by atoms with Gasteiger partial charge in [0.1, 0.15) is 0 Å². The molecular weight excluding hydrogens is 1940 g/mol. The van der Waals surface area contributed by atoms with Crippen molar-refractivity contribution in [2.45, 2.75) is 137 Å². The maximum atomic E-state index is 14.6. The lowest BCUT2D eigenvalue weighted by Gasteiger charge is -2.38. The zero-order chi connectivity index (χ0) is 104. The molecule has 4 saturated heterocycles. The third-order valence-electron chi connectivity index (χ3n) is 22.6. The Morgan fingerprint density at radius 3 is 1.00 bits per heavy atom. The highest BCUT2D eigenvalue weighted by atomic mass is 19.4. The number of ether oxygens (including phenoxy) is 4. The third kappa shape index (κ3) is 30.7. The summed E-state index contributed by atoms with van der Waals surface area (Å²) < 4.78 is 236. The fraction of sp³-hybridized carbons (Fsp3) is 0.347. The number of alkyl halides is 12. The SMILES string of the molecule is CCC1CN(c2nc(N/N=C/c3ccc(Nc4cccc(C(F)(F)F)c4)c(C)n3)ncc2F)CCO1.CCc1nc(/C=N/Nc2ncc(F)c(N3CCOC(C)C3)n2)ccc1Nc1cccc(C(F)(F)F)c1.CCc1nc(/C=N/Nc2ncc(F)c(N3CCOC(CC)C3)n2)ccc1Nc1cccc(C(F)(F)F)c1.Cc1nc(/C=N/Nc2ncc(F)c(N3CCOCC3C(C)C)n2)ccc1Nc1cccc(C(F)(F)F)c1. The van der Waals surface area contributed by atoms with Crippen molar-refractivity contribution in [3.63, 3.8) is 0 Å². The Balaban J connectivity index is 0.000000163. The number of rotatable bonds is 29. The second kappa shape index (κ2) is 49.9. The Hall–Kier alpha value is -15.2. The number of hydrogen-bond donors (Lipinski definition) is 8. The van der Waals surface area contributed by atoms with E-state index in [1.165, 1.54) is 49.1 Å². The smallest absolute Gasteiger partial charge is 0.377 e. The van der Waals surface area contributed by atoms with Crippen LogP contribution in [0.3, 0.4) is 0 Å². The molecule has 0 aliphatic carbocycles. The molecular formula is C98H104F16N28O4. The van der Waals surface area contributed by atoms with E-state index in [1.54, 1.807) is 91.5 Å². The molecule has 0 spiro atoms. The van der Waals surface area contributed by atoms with Gasteiger partial charge >= 0.3 is 24.7 Å². The number of halogens is 16. The van der Waals surface area contributed by atoms with E-state index in [4.69, 9.17) is 18.9 Å². The van der Waals surface area contributed by atoms with Crippen LogP contribution in [0, 0.1) is 43.0 Å². The molecule has 146 heavy (non-hydrogen) atoms. The van der Waals surface area contributed by atoms with Gasteiger partial charge in [0.05, 0.1) is 198 Å². The molecule has 4 aliphatic rings. The highest BCUT2D eigenvalue weighted by molar-refractivity contribution is 5.82. The minimum Gasteiger partial charge on any atom is -0.377 e. The minimum absolute atomic E-state index is 0.00950. The van der Waals surface area contributed by atoms with Crippen LogP contribution < -0.4 is 62.6 Å². The molecule has 0 saturated carbocycles. The summed E-state index contributed by atoms with van der Waals surface area (Å²) in [5, 5.41) is 28.3. The van der Waals surface area contributed by atoms with Crippen molar-refractivity contribution in [1.29, 1.82) is 0 Å². The average Bonchev–Trinajstić information content (AvgIpc) is 0.792. The number of hydrogen-bond acceptors (Lipinski definition) is 32. The quantitative estimate of drug-likeness (QED) is 0.0123. The topological polar surface area (TPSA) is 350 Å². The number of hydrazone groups is 4. The molecule has 0 radical (unpaired) electrons. The summed E-state index contributed by atoms with van der Waals surface area (Å²) in [5.74, 6) is -0.623. The first-order valence-electron chi connectivity index (χ1n) is 46.3. The number of benzene rings is 4. The van der Waals surface area contributed by atoms with Crippen LogP contribution in [-0.4, -0.2) is 188 Å². The molecule has 4 aromatic carbocycles. The molecule has 8 N–H and O–H groups in total. The maximum Gasteiger partial charge on any atom is 0.416 e. The number of nitrogens with one attached hydrogen (secondary N) is 8. The van der Waals surface area contributed by atoms with E-state index in [2.05, 4.69) is 123 Å². The predicted molar refractivity (Wildman–Crippen MR) is 526 cm³/mol. The lowest BCUT2D eigenvalue weighted by molar-refractivity contribution is -0.138. The molecule has 8 aromatic heterocycles. The van der Waals surface area contributed by atoms with Gasteiger partial charge in [-0.2, -0.15) is 93.0 Å². The number of morpholine rings is 4. The van der Waals surface area contributed by atoms with Gasteiger partial charge in [0.25, 0.3) is 0 Å². The zero-order valence-electron chi connectivity index (χ0n) is 80.3. The highest BCUT2D eigenvalue weighted by Gasteiger charge is 2.36. The molecule has 32 nitrogen and oxygen atoms in total. The van der Waals surface area contributed by atoms with E-state index in [-0.39, 0.29) is 77.3 Å². The van der Waals surface area contributed by atoms with Crippen LogP contribution in [0.15, 0.2) is 191 Å². The maximum absolute atomic E-state index is 14.6. The molecule has 12 aromatic rings. The fourth-order valence-corrected chi connectivity index (χ4v) is 15.1. The Morgan fingerprint density at radius 2 is 0.685 bits per heavy atom. The summed E-state index contributed by atoms with van der Waals surface area (Å²) in [4.78, 5) is 58.0. The lowest BCUT2D eigenvalue weighted by atomic mass is 10.0. The van der Waals surface area contributed by atoms with Crippen molar-refractivity contribution in [2.75, 3.05) is 141 Å². The summed E-state index contributed by atoms with van der Waals surface area (Å²) in [6.07, 6.45) is -4.81. The number of nitrogens with zero attached hydrogens (tertiary/aromatic N) is 20. The van der Waals surface area contributed by atoms with Gasteiger partial charge in [-0.1, -0.05) is 65.8 Å². The molecule has 772 valence electrons. The van der Waals surface area contributed by atoms with Crippen LogP contribution in [0.1, 0.15) is 129 Å². The van der Waals surface area contributed by atoms with Crippen LogP contribution in [-0.2, 0) is 56.5 Å². The predicted octanol–water partition coefficient (Wildman–Crippen LogP) is 20.9. The molecule has 16 rings (SSSR count). The Morgan fingerprint density at radius 1 is 0.377 bits per heavy atom. The Kier molecular flexibility index (Phi) is 36.9. The summed E-state index contributed by atoms with van der Waals surface area (Å²) in [6.45, 7) is 23.4. The van der Waals surface area contributed by atoms with Crippen molar-refractivity contribution in [1.82, 2.24) is 59.8 Å². The van der Waals surface area contributed by atoms with Crippen LogP contribution >= 0.6 is 0 Å². The van der Waals surface area contributed by atoms with Gasteiger partial charge in [-0.15, -0.1) is 0 Å². The highest BCUT2D eigenvalue weighted by Crippen LogP contribution is 2.39. The first-order valence-corrected chi connectivity index (χ1v) is 46.3. The Bertz CT molecular complexity index is 6520. The first kappa shape index (κ1) is 108. The third-order valence-corrected chi connectivity index (χ3v) is 22.6. The van der Waals surface area contributed by atoms with Crippen molar-refractivity contribution in [2.24, 2.45) is 26.3 Å². The van der Waals surface area contributed by atoms with E-state index < -0.39 is 70.2 Å². The fourth-order valence-electron chi connectivity index (χ4n) is 15.1. The second-order valence-electron chi connectivity index (χ2n) is 33.6. The molecule has 4 unspecified atom stereocenters. The molecule has 0 amide bonds.